The lowest BCUT2D eigenvalue weighted by Crippen LogP contribution is -2.50. The van der Waals surface area contributed by atoms with Gasteiger partial charge in [-0.3, -0.25) is 4.79 Å². The van der Waals surface area contributed by atoms with Crippen molar-refractivity contribution in [1.29, 1.82) is 0 Å². The number of hydrogen-bond donors (Lipinski definition) is 0. The Morgan fingerprint density at radius 3 is 2.50 bits per heavy atom. The molecule has 0 aliphatic carbocycles. The summed E-state index contributed by atoms with van der Waals surface area (Å²) in [5.74, 6) is 0.0370. The fourth-order valence-electron chi connectivity index (χ4n) is 2.70. The lowest BCUT2D eigenvalue weighted by molar-refractivity contribution is -0.131. The topological polar surface area (TPSA) is 70.6 Å². The second kappa shape index (κ2) is 6.91. The number of carbonyl (C=O) groups excluding carboxylic acids is 1. The van der Waals surface area contributed by atoms with E-state index < -0.39 is 10.0 Å². The van der Waals surface area contributed by atoms with E-state index in [9.17, 15) is 13.2 Å². The molecule has 6 nitrogen and oxygen atoms in total. The number of piperazine rings is 1. The summed E-state index contributed by atoms with van der Waals surface area (Å²) in [5.41, 5.74) is 0.907. The van der Waals surface area contributed by atoms with Gasteiger partial charge in [-0.2, -0.15) is 4.31 Å². The summed E-state index contributed by atoms with van der Waals surface area (Å²) < 4.78 is 26.8. The summed E-state index contributed by atoms with van der Waals surface area (Å²) in [5, 5.41) is 2.72. The third kappa shape index (κ3) is 3.53. The number of nitrogens with zero attached hydrogens (tertiary/aromatic N) is 3. The molecule has 0 aromatic carbocycles. The Kier molecular flexibility index (Phi) is 5.05. The van der Waals surface area contributed by atoms with E-state index in [-0.39, 0.29) is 5.91 Å². The Labute approximate surface area is 149 Å². The van der Waals surface area contributed by atoms with E-state index in [1.54, 1.807) is 33.7 Å². The standard InChI is InChI=1S/C15H19N3O3S3/c1-11-13(23-12(2)16-11)10-14(19)17-5-7-18(8-6-17)24(20,21)15-4-3-9-22-15/h3-4,9H,5-8,10H2,1-2H3. The van der Waals surface area contributed by atoms with Crippen molar-refractivity contribution >= 4 is 38.6 Å². The number of aryl methyl sites for hydroxylation is 2. The van der Waals surface area contributed by atoms with Crippen molar-refractivity contribution in [3.8, 4) is 0 Å². The van der Waals surface area contributed by atoms with Crippen LogP contribution in [0.4, 0.5) is 0 Å². The van der Waals surface area contributed by atoms with Crippen LogP contribution in [0.5, 0.6) is 0 Å². The zero-order valence-corrected chi connectivity index (χ0v) is 16.0. The zero-order valence-electron chi connectivity index (χ0n) is 13.6. The third-order valence-corrected chi connectivity index (χ3v) is 8.34. The van der Waals surface area contributed by atoms with Gasteiger partial charge in [-0.15, -0.1) is 22.7 Å². The van der Waals surface area contributed by atoms with E-state index in [4.69, 9.17) is 0 Å². The van der Waals surface area contributed by atoms with Crippen LogP contribution in [-0.2, 0) is 21.2 Å². The molecule has 3 heterocycles. The van der Waals surface area contributed by atoms with Gasteiger partial charge in [0.05, 0.1) is 17.1 Å². The van der Waals surface area contributed by atoms with Crippen LogP contribution in [0.15, 0.2) is 21.7 Å². The zero-order chi connectivity index (χ0) is 17.3. The van der Waals surface area contributed by atoms with Crippen molar-refractivity contribution in [2.24, 2.45) is 0 Å². The first-order valence-corrected chi connectivity index (χ1v) is 10.8. The molecule has 1 amide bonds. The highest BCUT2D eigenvalue weighted by atomic mass is 32.2. The van der Waals surface area contributed by atoms with E-state index in [0.29, 0.717) is 36.8 Å². The molecule has 1 aliphatic heterocycles. The monoisotopic (exact) mass is 385 g/mol. The molecule has 9 heteroatoms. The Morgan fingerprint density at radius 2 is 1.96 bits per heavy atom. The fourth-order valence-corrected chi connectivity index (χ4v) is 6.20. The van der Waals surface area contributed by atoms with Crippen molar-refractivity contribution in [3.63, 3.8) is 0 Å². The molecule has 1 saturated heterocycles. The van der Waals surface area contributed by atoms with Gasteiger partial charge in [0.1, 0.15) is 4.21 Å². The first-order valence-electron chi connectivity index (χ1n) is 7.62. The van der Waals surface area contributed by atoms with Crippen LogP contribution in [0, 0.1) is 13.8 Å². The summed E-state index contributed by atoms with van der Waals surface area (Å²) in [6.07, 6.45) is 0.342. The minimum atomic E-state index is -3.42. The molecule has 1 fully saturated rings. The van der Waals surface area contributed by atoms with Crippen LogP contribution in [-0.4, -0.2) is 54.7 Å². The molecule has 0 N–H and O–H groups in total. The summed E-state index contributed by atoms with van der Waals surface area (Å²) in [4.78, 5) is 19.5. The van der Waals surface area contributed by atoms with E-state index in [1.165, 1.54) is 15.6 Å². The van der Waals surface area contributed by atoms with Crippen LogP contribution < -0.4 is 0 Å². The number of rotatable bonds is 4. The number of thiazole rings is 1. The third-order valence-electron chi connectivity index (χ3n) is 3.99. The van der Waals surface area contributed by atoms with Crippen molar-refractivity contribution in [1.82, 2.24) is 14.2 Å². The molecule has 0 bridgehead atoms. The molecule has 24 heavy (non-hydrogen) atoms. The van der Waals surface area contributed by atoms with Crippen LogP contribution in [0.25, 0.3) is 0 Å². The summed E-state index contributed by atoms with van der Waals surface area (Å²) in [6, 6.07) is 3.35. The lowest BCUT2D eigenvalue weighted by atomic mass is 10.2. The summed E-state index contributed by atoms with van der Waals surface area (Å²) >= 11 is 2.77. The number of aromatic nitrogens is 1. The first kappa shape index (κ1) is 17.5. The maximum atomic E-state index is 12.5. The van der Waals surface area contributed by atoms with Gasteiger partial charge in [0.15, 0.2) is 0 Å². The van der Waals surface area contributed by atoms with Gasteiger partial charge in [0.2, 0.25) is 5.91 Å². The average molecular weight is 386 g/mol. The van der Waals surface area contributed by atoms with E-state index in [0.717, 1.165) is 15.6 Å². The second-order valence-electron chi connectivity index (χ2n) is 5.64. The van der Waals surface area contributed by atoms with Crippen LogP contribution in [0.2, 0.25) is 0 Å². The van der Waals surface area contributed by atoms with Crippen molar-refractivity contribution < 1.29 is 13.2 Å². The Hall–Kier alpha value is -1.29. The van der Waals surface area contributed by atoms with Crippen molar-refractivity contribution in [3.05, 3.63) is 33.1 Å². The number of amides is 1. The fraction of sp³-hybridized carbons (Fsp3) is 0.467. The van der Waals surface area contributed by atoms with E-state index >= 15 is 0 Å². The smallest absolute Gasteiger partial charge is 0.252 e. The highest BCUT2D eigenvalue weighted by molar-refractivity contribution is 7.91. The highest BCUT2D eigenvalue weighted by Crippen LogP contribution is 2.23. The number of carbonyl (C=O) groups is 1. The summed E-state index contributed by atoms with van der Waals surface area (Å²) in [7, 11) is -3.42. The molecular weight excluding hydrogens is 366 g/mol. The minimum Gasteiger partial charge on any atom is -0.340 e. The van der Waals surface area contributed by atoms with Gasteiger partial charge in [-0.1, -0.05) is 6.07 Å². The first-order chi connectivity index (χ1) is 11.4. The molecule has 0 saturated carbocycles. The maximum Gasteiger partial charge on any atom is 0.252 e. The molecule has 0 spiro atoms. The van der Waals surface area contributed by atoms with Gasteiger partial charge in [-0.25, -0.2) is 13.4 Å². The maximum absolute atomic E-state index is 12.5. The van der Waals surface area contributed by atoms with E-state index in [1.807, 2.05) is 13.8 Å². The van der Waals surface area contributed by atoms with Crippen LogP contribution in [0.1, 0.15) is 15.6 Å². The molecule has 2 aromatic rings. The molecule has 3 rings (SSSR count). The average Bonchev–Trinajstić information content (AvgIpc) is 3.18. The van der Waals surface area contributed by atoms with Gasteiger partial charge in [0, 0.05) is 31.1 Å². The molecule has 0 radical (unpaired) electrons. The van der Waals surface area contributed by atoms with Gasteiger partial charge >= 0.3 is 0 Å². The molecule has 0 unspecified atom stereocenters. The number of hydrogen-bond acceptors (Lipinski definition) is 6. The van der Waals surface area contributed by atoms with Crippen molar-refractivity contribution in [2.75, 3.05) is 26.2 Å². The molecule has 130 valence electrons. The minimum absolute atomic E-state index is 0.0370. The molecule has 0 atom stereocenters. The number of thiophene rings is 1. The van der Waals surface area contributed by atoms with Crippen LogP contribution >= 0.6 is 22.7 Å². The molecular formula is C15H19N3O3S3. The Morgan fingerprint density at radius 1 is 1.25 bits per heavy atom. The van der Waals surface area contributed by atoms with Crippen LogP contribution in [0.3, 0.4) is 0 Å². The van der Waals surface area contributed by atoms with Gasteiger partial charge in [-0.05, 0) is 25.3 Å². The van der Waals surface area contributed by atoms with Gasteiger partial charge in [0.25, 0.3) is 10.0 Å². The SMILES string of the molecule is Cc1nc(C)c(CC(=O)N2CCN(S(=O)(=O)c3cccs3)CC2)s1. The number of sulfonamides is 1. The van der Waals surface area contributed by atoms with E-state index in [2.05, 4.69) is 4.98 Å². The lowest BCUT2D eigenvalue weighted by Gasteiger charge is -2.33. The quantitative estimate of drug-likeness (QED) is 0.806. The summed E-state index contributed by atoms with van der Waals surface area (Å²) in [6.45, 7) is 5.39. The largest absolute Gasteiger partial charge is 0.340 e. The second-order valence-corrected chi connectivity index (χ2v) is 10.0. The Balaban J connectivity index is 1.61. The van der Waals surface area contributed by atoms with Gasteiger partial charge < -0.3 is 4.90 Å². The molecule has 2 aromatic heterocycles. The Bertz CT molecular complexity index is 820. The normalized spacial score (nSPS) is 16.5. The predicted octanol–water partition coefficient (Wildman–Crippen LogP) is 1.90. The predicted molar refractivity (Wildman–Crippen MR) is 94.9 cm³/mol. The van der Waals surface area contributed by atoms with Crippen molar-refractivity contribution in [2.45, 2.75) is 24.5 Å². The molecule has 1 aliphatic rings. The highest BCUT2D eigenvalue weighted by Gasteiger charge is 2.30.